The summed E-state index contributed by atoms with van der Waals surface area (Å²) in [6.07, 6.45) is 6.28. The smallest absolute Gasteiger partial charge is 0.325 e. The quantitative estimate of drug-likeness (QED) is 0.735. The van der Waals surface area contributed by atoms with Crippen LogP contribution < -0.4 is 5.32 Å². The number of hydrogen-bond donors (Lipinski definition) is 2. The summed E-state index contributed by atoms with van der Waals surface area (Å²) in [6, 6.07) is -0.877. The van der Waals surface area contributed by atoms with Gasteiger partial charge in [-0.2, -0.15) is 0 Å². The first-order chi connectivity index (χ1) is 8.50. The number of rotatable bonds is 5. The zero-order valence-corrected chi connectivity index (χ0v) is 11.1. The van der Waals surface area contributed by atoms with Gasteiger partial charge in [0, 0.05) is 0 Å². The van der Waals surface area contributed by atoms with Gasteiger partial charge in [0.05, 0.1) is 6.10 Å². The van der Waals surface area contributed by atoms with Gasteiger partial charge >= 0.3 is 5.97 Å². The molecule has 2 N–H and O–H groups in total. The molecular formula is C13H23NO4. The monoisotopic (exact) mass is 257 g/mol. The van der Waals surface area contributed by atoms with Gasteiger partial charge in [-0.1, -0.05) is 25.7 Å². The minimum atomic E-state index is -1.04. The van der Waals surface area contributed by atoms with E-state index in [-0.39, 0.29) is 12.0 Å². The maximum Gasteiger partial charge on any atom is 0.325 e. The predicted molar refractivity (Wildman–Crippen MR) is 67.3 cm³/mol. The van der Waals surface area contributed by atoms with Crippen molar-refractivity contribution < 1.29 is 19.4 Å². The molecule has 5 heteroatoms. The Bertz CT molecular complexity index is 285. The first-order valence-corrected chi connectivity index (χ1v) is 6.69. The number of carboxylic acids is 1. The van der Waals surface area contributed by atoms with Crippen molar-refractivity contribution in [3.63, 3.8) is 0 Å². The fourth-order valence-corrected chi connectivity index (χ4v) is 2.12. The van der Waals surface area contributed by atoms with Crippen molar-refractivity contribution in [1.29, 1.82) is 0 Å². The molecule has 1 amide bonds. The molecule has 1 fully saturated rings. The summed E-state index contributed by atoms with van der Waals surface area (Å²) in [5.41, 5.74) is 0. The average molecular weight is 257 g/mol. The van der Waals surface area contributed by atoms with Crippen molar-refractivity contribution in [2.75, 3.05) is 0 Å². The van der Waals surface area contributed by atoms with Crippen LogP contribution in [0.5, 0.6) is 0 Å². The van der Waals surface area contributed by atoms with Crippen molar-refractivity contribution in [2.45, 2.75) is 70.6 Å². The summed E-state index contributed by atoms with van der Waals surface area (Å²) in [6.45, 7) is 3.12. The highest BCUT2D eigenvalue weighted by Gasteiger charge is 2.23. The van der Waals surface area contributed by atoms with Crippen LogP contribution in [-0.2, 0) is 14.3 Å². The average Bonchev–Trinajstić information content (AvgIpc) is 2.57. The molecule has 0 aromatic carbocycles. The van der Waals surface area contributed by atoms with Gasteiger partial charge in [0.2, 0.25) is 5.91 Å². The number of amides is 1. The van der Waals surface area contributed by atoms with Crippen LogP contribution >= 0.6 is 0 Å². The van der Waals surface area contributed by atoms with Crippen molar-refractivity contribution >= 4 is 11.9 Å². The summed E-state index contributed by atoms with van der Waals surface area (Å²) in [4.78, 5) is 22.4. The second-order valence-corrected chi connectivity index (χ2v) is 4.96. The molecule has 0 aromatic rings. The van der Waals surface area contributed by atoms with Gasteiger partial charge in [0.15, 0.2) is 0 Å². The van der Waals surface area contributed by atoms with Crippen molar-refractivity contribution in [1.82, 2.24) is 5.32 Å². The number of hydrogen-bond acceptors (Lipinski definition) is 3. The van der Waals surface area contributed by atoms with E-state index in [1.54, 1.807) is 6.92 Å². The zero-order valence-electron chi connectivity index (χ0n) is 11.1. The van der Waals surface area contributed by atoms with Gasteiger partial charge in [-0.15, -0.1) is 0 Å². The Labute approximate surface area is 108 Å². The first-order valence-electron chi connectivity index (χ1n) is 6.69. The third-order valence-corrected chi connectivity index (χ3v) is 3.30. The van der Waals surface area contributed by atoms with Gasteiger partial charge in [0.1, 0.15) is 12.1 Å². The first kappa shape index (κ1) is 15.0. The van der Waals surface area contributed by atoms with Crippen LogP contribution in [0.2, 0.25) is 0 Å². The highest BCUT2D eigenvalue weighted by molar-refractivity contribution is 5.85. The Kier molecular flexibility index (Phi) is 6.12. The number of nitrogens with one attached hydrogen (secondary N) is 1. The number of aliphatic carboxylic acids is 1. The van der Waals surface area contributed by atoms with Crippen molar-refractivity contribution in [3.05, 3.63) is 0 Å². The highest BCUT2D eigenvalue weighted by Crippen LogP contribution is 2.20. The van der Waals surface area contributed by atoms with Gasteiger partial charge in [-0.05, 0) is 26.7 Å². The van der Waals surface area contributed by atoms with E-state index in [0.717, 1.165) is 25.7 Å². The van der Waals surface area contributed by atoms with Gasteiger partial charge in [-0.3, -0.25) is 9.59 Å². The third-order valence-electron chi connectivity index (χ3n) is 3.30. The molecule has 0 heterocycles. The molecule has 0 radical (unpaired) electrons. The normalized spacial score (nSPS) is 20.8. The zero-order chi connectivity index (χ0) is 13.5. The lowest BCUT2D eigenvalue weighted by Crippen LogP contribution is -2.44. The SMILES string of the molecule is CC(OC1CCCCCC1)C(=O)N[C@@H](C)C(=O)O. The van der Waals surface area contributed by atoms with Gasteiger partial charge in [-0.25, -0.2) is 0 Å². The summed E-state index contributed by atoms with van der Waals surface area (Å²) in [7, 11) is 0. The Balaban J connectivity index is 2.36. The van der Waals surface area contributed by atoms with Crippen LogP contribution in [0.3, 0.4) is 0 Å². The lowest BCUT2D eigenvalue weighted by Gasteiger charge is -2.21. The van der Waals surface area contributed by atoms with Crippen LogP contribution in [0.1, 0.15) is 52.4 Å². The third kappa shape index (κ3) is 5.04. The molecule has 0 aliphatic heterocycles. The lowest BCUT2D eigenvalue weighted by molar-refractivity contribution is -0.144. The van der Waals surface area contributed by atoms with Gasteiger partial charge in [0.25, 0.3) is 0 Å². The topological polar surface area (TPSA) is 75.6 Å². The molecule has 5 nitrogen and oxygen atoms in total. The Morgan fingerprint density at radius 3 is 2.22 bits per heavy atom. The van der Waals surface area contributed by atoms with E-state index < -0.39 is 18.1 Å². The maximum atomic E-state index is 11.7. The number of carbonyl (C=O) groups excluding carboxylic acids is 1. The number of ether oxygens (including phenoxy) is 1. The summed E-state index contributed by atoms with van der Waals surface area (Å²) in [5, 5.41) is 11.1. The summed E-state index contributed by atoms with van der Waals surface area (Å²) in [5.74, 6) is -1.39. The van der Waals surface area contributed by atoms with Crippen LogP contribution in [0.15, 0.2) is 0 Å². The van der Waals surface area contributed by atoms with E-state index in [9.17, 15) is 9.59 Å². The van der Waals surface area contributed by atoms with E-state index in [1.165, 1.54) is 19.8 Å². The van der Waals surface area contributed by atoms with E-state index in [2.05, 4.69) is 5.32 Å². The fraction of sp³-hybridized carbons (Fsp3) is 0.846. The van der Waals surface area contributed by atoms with Crippen LogP contribution in [0.25, 0.3) is 0 Å². The molecule has 0 bridgehead atoms. The second kappa shape index (κ2) is 7.36. The molecular weight excluding hydrogens is 234 g/mol. The fourth-order valence-electron chi connectivity index (χ4n) is 2.12. The summed E-state index contributed by atoms with van der Waals surface area (Å²) < 4.78 is 5.71. The van der Waals surface area contributed by atoms with Crippen molar-refractivity contribution in [3.8, 4) is 0 Å². The van der Waals surface area contributed by atoms with E-state index in [1.807, 2.05) is 0 Å². The Morgan fingerprint density at radius 1 is 1.17 bits per heavy atom. The Morgan fingerprint density at radius 2 is 1.72 bits per heavy atom. The molecule has 0 aromatic heterocycles. The molecule has 1 rings (SSSR count). The molecule has 1 saturated carbocycles. The minimum Gasteiger partial charge on any atom is -0.480 e. The molecule has 1 unspecified atom stereocenters. The van der Waals surface area contributed by atoms with Crippen LogP contribution in [0, 0.1) is 0 Å². The molecule has 104 valence electrons. The van der Waals surface area contributed by atoms with Gasteiger partial charge < -0.3 is 15.2 Å². The molecule has 2 atom stereocenters. The largest absolute Gasteiger partial charge is 0.480 e. The summed E-state index contributed by atoms with van der Waals surface area (Å²) >= 11 is 0. The minimum absolute atomic E-state index is 0.133. The molecule has 1 aliphatic carbocycles. The molecule has 0 saturated heterocycles. The number of carboxylic acid groups (broad SMARTS) is 1. The predicted octanol–water partition coefficient (Wildman–Crippen LogP) is 1.70. The maximum absolute atomic E-state index is 11.7. The van der Waals surface area contributed by atoms with Crippen molar-refractivity contribution in [2.24, 2.45) is 0 Å². The highest BCUT2D eigenvalue weighted by atomic mass is 16.5. The Hall–Kier alpha value is -1.10. The van der Waals surface area contributed by atoms with Crippen LogP contribution in [0.4, 0.5) is 0 Å². The number of carbonyl (C=O) groups is 2. The van der Waals surface area contributed by atoms with E-state index >= 15 is 0 Å². The van der Waals surface area contributed by atoms with E-state index in [0.29, 0.717) is 0 Å². The standard InChI is InChI=1S/C13H23NO4/c1-9(13(16)17)14-12(15)10(2)18-11-7-5-3-4-6-8-11/h9-11H,3-8H2,1-2H3,(H,14,15)(H,16,17)/t9-,10?/m0/s1. The van der Waals surface area contributed by atoms with Crippen LogP contribution in [-0.4, -0.2) is 35.2 Å². The molecule has 0 spiro atoms. The lowest BCUT2D eigenvalue weighted by atomic mass is 10.1. The second-order valence-electron chi connectivity index (χ2n) is 4.96. The van der Waals surface area contributed by atoms with E-state index in [4.69, 9.17) is 9.84 Å². The molecule has 1 aliphatic rings. The molecule has 18 heavy (non-hydrogen) atoms.